The minimum atomic E-state index is -4.45. The van der Waals surface area contributed by atoms with Crippen molar-refractivity contribution in [1.29, 1.82) is 0 Å². The Kier molecular flexibility index (Phi) is 4.38. The van der Waals surface area contributed by atoms with Gasteiger partial charge in [0, 0.05) is 5.02 Å². The first kappa shape index (κ1) is 16.0. The molecule has 1 heterocycles. The quantitative estimate of drug-likeness (QED) is 0.677. The van der Waals surface area contributed by atoms with Gasteiger partial charge in [0.15, 0.2) is 6.29 Å². The third kappa shape index (κ3) is 3.44. The number of carbonyl (C=O) groups excluding carboxylic acids is 1. The van der Waals surface area contributed by atoms with Gasteiger partial charge >= 0.3 is 0 Å². The van der Waals surface area contributed by atoms with Crippen LogP contribution >= 0.6 is 23.2 Å². The molecule has 0 saturated heterocycles. The maximum absolute atomic E-state index is 11.1. The second-order valence-corrected chi connectivity index (χ2v) is 6.54. The molecule has 1 aromatic heterocycles. The Labute approximate surface area is 131 Å². The van der Waals surface area contributed by atoms with Crippen LogP contribution in [0.3, 0.4) is 0 Å². The molecule has 2 rings (SSSR count). The lowest BCUT2D eigenvalue weighted by Gasteiger charge is -2.09. The summed E-state index contributed by atoms with van der Waals surface area (Å²) in [4.78, 5) is 10.5. The highest BCUT2D eigenvalue weighted by Gasteiger charge is 2.18. The van der Waals surface area contributed by atoms with Crippen molar-refractivity contribution >= 4 is 39.6 Å². The summed E-state index contributed by atoms with van der Waals surface area (Å²) in [6.45, 7) is 1.88. The Hall–Kier alpha value is -1.41. The van der Waals surface area contributed by atoms with Crippen molar-refractivity contribution in [2.75, 3.05) is 0 Å². The third-order valence-corrected chi connectivity index (χ3v) is 4.42. The van der Waals surface area contributed by atoms with Gasteiger partial charge in [-0.1, -0.05) is 23.2 Å². The summed E-state index contributed by atoms with van der Waals surface area (Å²) in [6, 6.07) is 3.99. The Morgan fingerprint density at radius 3 is 2.52 bits per heavy atom. The Morgan fingerprint density at radius 2 is 1.95 bits per heavy atom. The number of hydrogen-bond donors (Lipinski definition) is 1. The molecule has 1 N–H and O–H groups in total. The summed E-state index contributed by atoms with van der Waals surface area (Å²) in [7, 11) is -4.45. The van der Waals surface area contributed by atoms with Crippen molar-refractivity contribution in [3.8, 4) is 0 Å². The van der Waals surface area contributed by atoms with E-state index in [0.29, 0.717) is 23.2 Å². The molecule has 0 spiro atoms. The second kappa shape index (κ2) is 5.76. The normalized spacial score (nSPS) is 11.6. The van der Waals surface area contributed by atoms with Crippen LogP contribution in [-0.2, 0) is 16.7 Å². The van der Waals surface area contributed by atoms with Crippen LogP contribution in [0.1, 0.15) is 21.7 Å². The van der Waals surface area contributed by atoms with Crippen molar-refractivity contribution in [3.63, 3.8) is 0 Å². The summed E-state index contributed by atoms with van der Waals surface area (Å²) in [5.74, 6) is 0. The second-order valence-electron chi connectivity index (χ2n) is 4.34. The number of halogens is 2. The van der Waals surface area contributed by atoms with Gasteiger partial charge < -0.3 is 0 Å². The molecule has 9 heteroatoms. The number of carbonyl (C=O) groups is 1. The first-order valence-electron chi connectivity index (χ1n) is 5.67. The minimum Gasteiger partial charge on any atom is -0.296 e. The van der Waals surface area contributed by atoms with Crippen LogP contribution in [0.25, 0.3) is 0 Å². The number of benzene rings is 1. The molecule has 0 fully saturated rings. The Bertz CT molecular complexity index is 815. The van der Waals surface area contributed by atoms with Crippen LogP contribution in [0.4, 0.5) is 0 Å². The van der Waals surface area contributed by atoms with Gasteiger partial charge in [0.25, 0.3) is 10.1 Å². The molecule has 2 aromatic rings. The lowest BCUT2D eigenvalue weighted by molar-refractivity contribution is 0.111. The maximum Gasteiger partial charge on any atom is 0.296 e. The van der Waals surface area contributed by atoms with Gasteiger partial charge in [-0.05, 0) is 30.7 Å². The highest BCUT2D eigenvalue weighted by atomic mass is 35.5. The first-order chi connectivity index (χ1) is 9.72. The summed E-state index contributed by atoms with van der Waals surface area (Å²) < 4.78 is 32.7. The lowest BCUT2D eigenvalue weighted by Crippen LogP contribution is -2.07. The van der Waals surface area contributed by atoms with Gasteiger partial charge in [-0.15, -0.1) is 0 Å². The molecule has 0 saturated carbocycles. The number of hydrogen-bond acceptors (Lipinski definition) is 4. The summed E-state index contributed by atoms with van der Waals surface area (Å²) in [5, 5.41) is 4.07. The summed E-state index contributed by atoms with van der Waals surface area (Å²) in [6.07, 6.45) is 0.655. The number of aldehydes is 1. The zero-order valence-corrected chi connectivity index (χ0v) is 13.1. The van der Waals surface area contributed by atoms with Crippen LogP contribution in [0, 0.1) is 6.92 Å². The van der Waals surface area contributed by atoms with Crippen molar-refractivity contribution in [1.82, 2.24) is 9.78 Å². The molecular weight excluding hydrogens is 339 g/mol. The topological polar surface area (TPSA) is 89.3 Å². The molecular formula is C12H10Cl2N2O4S. The summed E-state index contributed by atoms with van der Waals surface area (Å²) in [5.41, 5.74) is 1.49. The van der Waals surface area contributed by atoms with E-state index in [4.69, 9.17) is 27.8 Å². The van der Waals surface area contributed by atoms with Crippen LogP contribution in [-0.4, -0.2) is 29.0 Å². The SMILES string of the molecule is Cc1cc(C=O)n(Cc2cc(Cl)c(S(=O)(=O)O)cc2Cl)n1. The van der Waals surface area contributed by atoms with Crippen molar-refractivity contribution in [2.24, 2.45) is 0 Å². The van der Waals surface area contributed by atoms with Gasteiger partial charge in [-0.25, -0.2) is 0 Å². The zero-order valence-electron chi connectivity index (χ0n) is 10.7. The fourth-order valence-electron chi connectivity index (χ4n) is 1.84. The molecule has 0 unspecified atom stereocenters. The van der Waals surface area contributed by atoms with Gasteiger partial charge in [0.05, 0.1) is 17.3 Å². The monoisotopic (exact) mass is 348 g/mol. The molecule has 1 aromatic carbocycles. The first-order valence-corrected chi connectivity index (χ1v) is 7.87. The number of aromatic nitrogens is 2. The van der Waals surface area contributed by atoms with Crippen LogP contribution in [0.2, 0.25) is 10.0 Å². The van der Waals surface area contributed by atoms with Gasteiger partial charge in [-0.3, -0.25) is 14.0 Å². The lowest BCUT2D eigenvalue weighted by atomic mass is 10.2. The van der Waals surface area contributed by atoms with Crippen LogP contribution in [0.5, 0.6) is 0 Å². The van der Waals surface area contributed by atoms with E-state index in [-0.39, 0.29) is 16.6 Å². The average Bonchev–Trinajstić information content (AvgIpc) is 2.72. The molecule has 0 aliphatic rings. The molecule has 21 heavy (non-hydrogen) atoms. The Balaban J connectivity index is 2.46. The Morgan fingerprint density at radius 1 is 1.29 bits per heavy atom. The highest BCUT2D eigenvalue weighted by molar-refractivity contribution is 7.86. The highest BCUT2D eigenvalue weighted by Crippen LogP contribution is 2.29. The van der Waals surface area contributed by atoms with E-state index in [0.717, 1.165) is 6.07 Å². The molecule has 0 aliphatic heterocycles. The molecule has 0 amide bonds. The average molecular weight is 349 g/mol. The van der Waals surface area contributed by atoms with E-state index in [1.165, 1.54) is 10.7 Å². The van der Waals surface area contributed by atoms with E-state index in [2.05, 4.69) is 5.10 Å². The van der Waals surface area contributed by atoms with Crippen LogP contribution in [0.15, 0.2) is 23.1 Å². The molecule has 0 radical (unpaired) electrons. The minimum absolute atomic E-state index is 0.0945. The molecule has 0 bridgehead atoms. The molecule has 6 nitrogen and oxygen atoms in total. The van der Waals surface area contributed by atoms with Gasteiger partial charge in [0.1, 0.15) is 10.6 Å². The maximum atomic E-state index is 11.1. The van der Waals surface area contributed by atoms with Gasteiger partial charge in [0.2, 0.25) is 0 Å². The number of aryl methyl sites for hydroxylation is 1. The van der Waals surface area contributed by atoms with Crippen LogP contribution < -0.4 is 0 Å². The molecule has 0 atom stereocenters. The summed E-state index contributed by atoms with van der Waals surface area (Å²) >= 11 is 11.8. The molecule has 0 aliphatic carbocycles. The molecule has 112 valence electrons. The predicted octanol–water partition coefficient (Wildman–Crippen LogP) is 2.61. The van der Waals surface area contributed by atoms with Gasteiger partial charge in [-0.2, -0.15) is 13.5 Å². The van der Waals surface area contributed by atoms with E-state index in [1.54, 1.807) is 13.0 Å². The predicted molar refractivity (Wildman–Crippen MR) is 77.7 cm³/mol. The fourth-order valence-corrected chi connectivity index (χ4v) is 3.18. The smallest absolute Gasteiger partial charge is 0.296 e. The zero-order chi connectivity index (χ0) is 15.8. The van der Waals surface area contributed by atoms with E-state index in [9.17, 15) is 13.2 Å². The van der Waals surface area contributed by atoms with Crippen molar-refractivity contribution in [3.05, 3.63) is 45.2 Å². The third-order valence-electron chi connectivity index (χ3n) is 2.75. The van der Waals surface area contributed by atoms with E-state index < -0.39 is 15.0 Å². The van der Waals surface area contributed by atoms with Crippen molar-refractivity contribution < 1.29 is 17.8 Å². The van der Waals surface area contributed by atoms with E-state index >= 15 is 0 Å². The standard InChI is InChI=1S/C12H10Cl2N2O4S/c1-7-2-9(6-17)16(15-7)5-8-3-11(14)12(4-10(8)13)21(18,19)20/h2-4,6H,5H2,1H3,(H,18,19,20). The number of rotatable bonds is 4. The number of nitrogens with zero attached hydrogens (tertiary/aromatic N) is 2. The fraction of sp³-hybridized carbons (Fsp3) is 0.167. The van der Waals surface area contributed by atoms with E-state index in [1.807, 2.05) is 0 Å². The van der Waals surface area contributed by atoms with Crippen molar-refractivity contribution in [2.45, 2.75) is 18.4 Å². The largest absolute Gasteiger partial charge is 0.296 e.